The molecule has 2 aromatic rings. The summed E-state index contributed by atoms with van der Waals surface area (Å²) in [5.74, 6) is -0.107. The number of fused-ring (bicyclic) bond motifs is 1. The van der Waals surface area contributed by atoms with Crippen LogP contribution >= 0.6 is 0 Å². The molecule has 2 aliphatic rings. The van der Waals surface area contributed by atoms with E-state index in [1.807, 2.05) is 60.4 Å². The average molecular weight is 433 g/mol. The van der Waals surface area contributed by atoms with Crippen molar-refractivity contribution in [2.45, 2.75) is 51.6 Å². The molecule has 1 fully saturated rings. The van der Waals surface area contributed by atoms with Crippen LogP contribution in [0.1, 0.15) is 43.7 Å². The number of amides is 3. The molecule has 2 unspecified atom stereocenters. The first-order valence-corrected chi connectivity index (χ1v) is 11.6. The summed E-state index contributed by atoms with van der Waals surface area (Å²) in [7, 11) is 0. The van der Waals surface area contributed by atoms with Crippen LogP contribution in [0.3, 0.4) is 0 Å². The predicted molar refractivity (Wildman–Crippen MR) is 130 cm³/mol. The maximum atomic E-state index is 13.6. The molecular formula is C26H32N4O2. The van der Waals surface area contributed by atoms with Gasteiger partial charge < -0.3 is 20.9 Å². The Morgan fingerprint density at radius 1 is 1.16 bits per heavy atom. The molecule has 0 aromatic heterocycles. The van der Waals surface area contributed by atoms with Crippen LogP contribution in [0.4, 0.5) is 16.2 Å². The number of para-hydroxylation sites is 1. The largest absolute Gasteiger partial charge is 0.323 e. The summed E-state index contributed by atoms with van der Waals surface area (Å²) in [6.45, 7) is 5.60. The minimum absolute atomic E-state index is 0.107. The number of nitrogens with zero attached hydrogens (tertiary/aromatic N) is 1. The molecule has 0 aliphatic carbocycles. The van der Waals surface area contributed by atoms with Crippen LogP contribution in [0, 0.1) is 6.92 Å². The van der Waals surface area contributed by atoms with Gasteiger partial charge in [0, 0.05) is 23.8 Å². The van der Waals surface area contributed by atoms with Crippen LogP contribution in [0.2, 0.25) is 0 Å². The molecule has 1 saturated heterocycles. The van der Waals surface area contributed by atoms with Crippen molar-refractivity contribution in [3.8, 4) is 0 Å². The van der Waals surface area contributed by atoms with Crippen molar-refractivity contribution in [3.63, 3.8) is 0 Å². The molecule has 0 bridgehead atoms. The lowest BCUT2D eigenvalue weighted by Crippen LogP contribution is -2.49. The molecule has 0 saturated carbocycles. The molecule has 6 nitrogen and oxygen atoms in total. The van der Waals surface area contributed by atoms with E-state index in [2.05, 4.69) is 28.9 Å². The molecule has 168 valence electrons. The molecule has 4 rings (SSSR count). The first-order chi connectivity index (χ1) is 15.6. The molecule has 3 N–H and O–H groups in total. The van der Waals surface area contributed by atoms with Crippen molar-refractivity contribution >= 4 is 28.9 Å². The third-order valence-electron chi connectivity index (χ3n) is 6.08. The number of hydrogen-bond donors (Lipinski definition) is 3. The molecule has 0 radical (unpaired) electrons. The van der Waals surface area contributed by atoms with Crippen LogP contribution in [0.5, 0.6) is 0 Å². The summed E-state index contributed by atoms with van der Waals surface area (Å²) in [5, 5.41) is 9.40. The summed E-state index contributed by atoms with van der Waals surface area (Å²) in [5.41, 5.74) is 4.84. The summed E-state index contributed by atoms with van der Waals surface area (Å²) >= 11 is 0. The highest BCUT2D eigenvalue weighted by Gasteiger charge is 2.33. The maximum Gasteiger partial charge on any atom is 0.320 e. The van der Waals surface area contributed by atoms with Gasteiger partial charge in [0.15, 0.2) is 0 Å². The number of carbonyl (C=O) groups excluding carboxylic acids is 2. The van der Waals surface area contributed by atoms with E-state index < -0.39 is 6.04 Å². The first-order valence-electron chi connectivity index (χ1n) is 11.6. The lowest BCUT2D eigenvalue weighted by molar-refractivity contribution is -0.119. The SMILES string of the molecule is CCCN1C(=O)C(NC(=O)Nc2cccc(C)c2)C=C(C2CCCCN2)c2ccccc21. The van der Waals surface area contributed by atoms with E-state index >= 15 is 0 Å². The Kier molecular flexibility index (Phi) is 6.90. The van der Waals surface area contributed by atoms with Crippen LogP contribution in [0.25, 0.3) is 5.57 Å². The second-order valence-electron chi connectivity index (χ2n) is 8.58. The van der Waals surface area contributed by atoms with E-state index in [0.717, 1.165) is 54.6 Å². The fraction of sp³-hybridized carbons (Fsp3) is 0.385. The Labute approximate surface area is 190 Å². The highest BCUT2D eigenvalue weighted by Crippen LogP contribution is 2.35. The minimum Gasteiger partial charge on any atom is -0.323 e. The highest BCUT2D eigenvalue weighted by atomic mass is 16.2. The third kappa shape index (κ3) is 4.86. The van der Waals surface area contributed by atoms with E-state index in [9.17, 15) is 9.59 Å². The second-order valence-corrected chi connectivity index (χ2v) is 8.58. The van der Waals surface area contributed by atoms with Crippen molar-refractivity contribution in [3.05, 3.63) is 65.7 Å². The molecule has 2 aliphatic heterocycles. The Bertz CT molecular complexity index is 1010. The number of rotatable bonds is 5. The molecule has 3 amide bonds. The summed E-state index contributed by atoms with van der Waals surface area (Å²) < 4.78 is 0. The molecule has 2 atom stereocenters. The maximum absolute atomic E-state index is 13.6. The molecule has 2 heterocycles. The predicted octanol–water partition coefficient (Wildman–Crippen LogP) is 4.47. The Hall–Kier alpha value is -3.12. The lowest BCUT2D eigenvalue weighted by atomic mass is 9.90. The van der Waals surface area contributed by atoms with E-state index in [-0.39, 0.29) is 18.0 Å². The average Bonchev–Trinajstić information content (AvgIpc) is 2.90. The Morgan fingerprint density at radius 2 is 2.00 bits per heavy atom. The number of piperidine rings is 1. The van der Waals surface area contributed by atoms with Gasteiger partial charge in [0.05, 0.1) is 5.69 Å². The molecule has 32 heavy (non-hydrogen) atoms. The Morgan fingerprint density at radius 3 is 2.75 bits per heavy atom. The zero-order valence-corrected chi connectivity index (χ0v) is 18.9. The van der Waals surface area contributed by atoms with Gasteiger partial charge in [0.1, 0.15) is 6.04 Å². The minimum atomic E-state index is -0.738. The van der Waals surface area contributed by atoms with Crippen molar-refractivity contribution < 1.29 is 9.59 Å². The third-order valence-corrected chi connectivity index (χ3v) is 6.08. The van der Waals surface area contributed by atoms with Gasteiger partial charge in [0.2, 0.25) is 0 Å². The number of aryl methyl sites for hydroxylation is 1. The fourth-order valence-corrected chi connectivity index (χ4v) is 4.59. The fourth-order valence-electron chi connectivity index (χ4n) is 4.59. The lowest BCUT2D eigenvalue weighted by Gasteiger charge is -2.28. The van der Waals surface area contributed by atoms with E-state index in [1.54, 1.807) is 0 Å². The van der Waals surface area contributed by atoms with Crippen molar-refractivity contribution in [2.24, 2.45) is 0 Å². The van der Waals surface area contributed by atoms with E-state index in [1.165, 1.54) is 0 Å². The number of benzene rings is 2. The van der Waals surface area contributed by atoms with Gasteiger partial charge in [-0.05, 0) is 68.1 Å². The highest BCUT2D eigenvalue weighted by molar-refractivity contribution is 6.06. The Balaban J connectivity index is 1.67. The summed E-state index contributed by atoms with van der Waals surface area (Å²) in [6, 6.07) is 14.7. The topological polar surface area (TPSA) is 73.5 Å². The van der Waals surface area contributed by atoms with Crippen LogP contribution < -0.4 is 20.9 Å². The van der Waals surface area contributed by atoms with Crippen molar-refractivity contribution in [1.29, 1.82) is 0 Å². The molecular weight excluding hydrogens is 400 g/mol. The van der Waals surface area contributed by atoms with Gasteiger partial charge in [-0.15, -0.1) is 0 Å². The standard InChI is InChI=1S/C26H32N4O2/c1-3-15-30-24-13-5-4-11-20(24)21(22-12-6-7-14-27-22)17-23(25(30)31)29-26(32)28-19-10-8-9-18(2)16-19/h4-5,8-11,13,16-17,22-23,27H,3,6-7,12,14-15H2,1-2H3,(H2,28,29,32). The smallest absolute Gasteiger partial charge is 0.320 e. The van der Waals surface area contributed by atoms with E-state index in [4.69, 9.17) is 0 Å². The monoisotopic (exact) mass is 432 g/mol. The van der Waals surface area contributed by atoms with Gasteiger partial charge in [-0.2, -0.15) is 0 Å². The molecule has 0 spiro atoms. The molecule has 2 aromatic carbocycles. The number of urea groups is 1. The number of carbonyl (C=O) groups is 2. The van der Waals surface area contributed by atoms with E-state index in [0.29, 0.717) is 12.2 Å². The van der Waals surface area contributed by atoms with Crippen molar-refractivity contribution in [1.82, 2.24) is 10.6 Å². The number of hydrogen-bond acceptors (Lipinski definition) is 3. The zero-order chi connectivity index (χ0) is 22.5. The van der Waals surface area contributed by atoms with Gasteiger partial charge in [0.25, 0.3) is 5.91 Å². The van der Waals surface area contributed by atoms with Crippen LogP contribution in [-0.2, 0) is 4.79 Å². The number of anilines is 2. The van der Waals surface area contributed by atoms with Crippen LogP contribution in [0.15, 0.2) is 54.6 Å². The van der Waals surface area contributed by atoms with Gasteiger partial charge >= 0.3 is 6.03 Å². The summed E-state index contributed by atoms with van der Waals surface area (Å²) in [6.07, 6.45) is 6.11. The molecule has 6 heteroatoms. The number of nitrogens with one attached hydrogen (secondary N) is 3. The normalized spacial score (nSPS) is 20.8. The first kappa shape index (κ1) is 22.1. The van der Waals surface area contributed by atoms with Gasteiger partial charge in [-0.1, -0.05) is 43.7 Å². The van der Waals surface area contributed by atoms with Crippen molar-refractivity contribution in [2.75, 3.05) is 23.3 Å². The zero-order valence-electron chi connectivity index (χ0n) is 18.9. The second kappa shape index (κ2) is 10.0. The summed E-state index contributed by atoms with van der Waals surface area (Å²) in [4.78, 5) is 28.2. The van der Waals surface area contributed by atoms with Gasteiger partial charge in [-0.3, -0.25) is 4.79 Å². The quantitative estimate of drug-likeness (QED) is 0.653. The van der Waals surface area contributed by atoms with Gasteiger partial charge in [-0.25, -0.2) is 4.79 Å². The van der Waals surface area contributed by atoms with Crippen LogP contribution in [-0.4, -0.2) is 37.1 Å².